The Hall–Kier alpha value is -2.10. The third-order valence-corrected chi connectivity index (χ3v) is 4.94. The van der Waals surface area contributed by atoms with Crippen LogP contribution in [0.1, 0.15) is 43.4 Å². The summed E-state index contributed by atoms with van der Waals surface area (Å²) in [6, 6.07) is 11.2. The summed E-state index contributed by atoms with van der Waals surface area (Å²) in [5.74, 6) is 1.80. The lowest BCUT2D eigenvalue weighted by atomic mass is 9.96. The van der Waals surface area contributed by atoms with Crippen LogP contribution in [0.3, 0.4) is 0 Å². The van der Waals surface area contributed by atoms with Crippen LogP contribution < -0.4 is 10.2 Å². The van der Waals surface area contributed by atoms with E-state index in [1.54, 1.807) is 0 Å². The van der Waals surface area contributed by atoms with E-state index in [-0.39, 0.29) is 0 Å². The molecule has 4 nitrogen and oxygen atoms in total. The third kappa shape index (κ3) is 3.03. The first kappa shape index (κ1) is 14.5. The van der Waals surface area contributed by atoms with E-state index in [9.17, 15) is 0 Å². The van der Waals surface area contributed by atoms with Crippen LogP contribution >= 0.6 is 0 Å². The van der Waals surface area contributed by atoms with Gasteiger partial charge in [0.05, 0.1) is 0 Å². The maximum Gasteiger partial charge on any atom is 0.225 e. The number of benzene rings is 1. The smallest absolute Gasteiger partial charge is 0.225 e. The van der Waals surface area contributed by atoms with Crippen molar-refractivity contribution in [3.8, 4) is 0 Å². The minimum Gasteiger partial charge on any atom is -0.351 e. The first-order valence-electron chi connectivity index (χ1n) is 8.77. The van der Waals surface area contributed by atoms with Gasteiger partial charge in [-0.1, -0.05) is 37.5 Å². The van der Waals surface area contributed by atoms with Gasteiger partial charge in [0.2, 0.25) is 5.95 Å². The third-order valence-electron chi connectivity index (χ3n) is 4.94. The van der Waals surface area contributed by atoms with Crippen molar-refractivity contribution >= 4 is 17.5 Å². The minimum atomic E-state index is 0.532. The number of hydrogen-bond acceptors (Lipinski definition) is 4. The van der Waals surface area contributed by atoms with Gasteiger partial charge >= 0.3 is 0 Å². The average molecular weight is 308 g/mol. The molecule has 0 bridgehead atoms. The maximum absolute atomic E-state index is 4.81. The van der Waals surface area contributed by atoms with Crippen molar-refractivity contribution in [2.24, 2.45) is 0 Å². The van der Waals surface area contributed by atoms with Gasteiger partial charge in [0, 0.05) is 30.0 Å². The van der Waals surface area contributed by atoms with Crippen LogP contribution in [0.4, 0.5) is 17.5 Å². The Morgan fingerprint density at radius 1 is 1.09 bits per heavy atom. The van der Waals surface area contributed by atoms with Gasteiger partial charge in [-0.25, -0.2) is 4.98 Å². The molecule has 2 heterocycles. The van der Waals surface area contributed by atoms with Gasteiger partial charge in [0.1, 0.15) is 5.82 Å². The number of hydrogen-bond donors (Lipinski definition) is 1. The molecular weight excluding hydrogens is 284 g/mol. The second kappa shape index (κ2) is 6.19. The number of nitrogens with zero attached hydrogens (tertiary/aromatic N) is 3. The molecule has 1 fully saturated rings. The van der Waals surface area contributed by atoms with E-state index in [1.807, 2.05) is 0 Å². The van der Waals surface area contributed by atoms with Crippen LogP contribution in [0.2, 0.25) is 0 Å². The molecule has 0 radical (unpaired) electrons. The second-order valence-electron chi connectivity index (χ2n) is 6.70. The van der Waals surface area contributed by atoms with E-state index in [0.29, 0.717) is 6.04 Å². The normalized spacial score (nSPS) is 18.0. The molecule has 23 heavy (non-hydrogen) atoms. The zero-order chi connectivity index (χ0) is 15.6. The van der Waals surface area contributed by atoms with Crippen LogP contribution in [0.5, 0.6) is 0 Å². The fourth-order valence-electron chi connectivity index (χ4n) is 3.76. The van der Waals surface area contributed by atoms with Crippen molar-refractivity contribution in [1.29, 1.82) is 0 Å². The second-order valence-corrected chi connectivity index (χ2v) is 6.70. The molecule has 1 N–H and O–H groups in total. The molecule has 0 saturated heterocycles. The highest BCUT2D eigenvalue weighted by Gasteiger charge is 2.22. The molecule has 0 unspecified atom stereocenters. The lowest BCUT2D eigenvalue weighted by molar-refractivity contribution is 0.461. The van der Waals surface area contributed by atoms with Crippen molar-refractivity contribution in [1.82, 2.24) is 9.97 Å². The Balaban J connectivity index is 1.60. The van der Waals surface area contributed by atoms with Gasteiger partial charge in [-0.3, -0.25) is 0 Å². The number of rotatable bonds is 3. The molecular formula is C19H24N4. The van der Waals surface area contributed by atoms with Crippen molar-refractivity contribution in [3.05, 3.63) is 41.6 Å². The molecule has 1 aliphatic carbocycles. The molecule has 1 aliphatic heterocycles. The highest BCUT2D eigenvalue weighted by Crippen LogP contribution is 2.33. The Kier molecular flexibility index (Phi) is 3.90. The molecule has 4 rings (SSSR count). The molecule has 2 aromatic rings. The van der Waals surface area contributed by atoms with E-state index in [0.717, 1.165) is 30.4 Å². The first-order chi connectivity index (χ1) is 11.3. The predicted molar refractivity (Wildman–Crippen MR) is 94.4 cm³/mol. The van der Waals surface area contributed by atoms with Gasteiger partial charge in [-0.15, -0.1) is 0 Å². The number of aromatic nitrogens is 2. The number of anilines is 3. The molecule has 2 aliphatic rings. The largest absolute Gasteiger partial charge is 0.351 e. The van der Waals surface area contributed by atoms with Crippen molar-refractivity contribution in [2.45, 2.75) is 51.5 Å². The molecule has 1 aromatic heterocycles. The standard InChI is InChI=1S/C19H24N4/c1-14-13-18(23-12-11-15-7-5-6-10-17(15)23)22-19(20-14)21-16-8-3-2-4-9-16/h5-7,10,13,16H,2-4,8-9,11-12H2,1H3,(H,20,21,22). The maximum atomic E-state index is 4.81. The Labute approximate surface area is 138 Å². The van der Waals surface area contributed by atoms with Gasteiger partial charge in [0.25, 0.3) is 0 Å². The average Bonchev–Trinajstić information content (AvgIpc) is 2.99. The minimum absolute atomic E-state index is 0.532. The van der Waals surface area contributed by atoms with E-state index in [4.69, 9.17) is 4.98 Å². The van der Waals surface area contributed by atoms with Crippen LogP contribution in [0.15, 0.2) is 30.3 Å². The van der Waals surface area contributed by atoms with Crippen LogP contribution in [-0.4, -0.2) is 22.6 Å². The lowest BCUT2D eigenvalue weighted by Gasteiger charge is -2.24. The summed E-state index contributed by atoms with van der Waals surface area (Å²) in [4.78, 5) is 11.7. The highest BCUT2D eigenvalue weighted by molar-refractivity contribution is 5.68. The topological polar surface area (TPSA) is 41.1 Å². The van der Waals surface area contributed by atoms with Gasteiger partial charge in [-0.2, -0.15) is 4.98 Å². The number of aryl methyl sites for hydroxylation is 1. The summed E-state index contributed by atoms with van der Waals surface area (Å²) in [7, 11) is 0. The lowest BCUT2D eigenvalue weighted by Crippen LogP contribution is -2.24. The summed E-state index contributed by atoms with van der Waals surface area (Å²) < 4.78 is 0. The predicted octanol–water partition coefficient (Wildman–Crippen LogP) is 4.22. The Morgan fingerprint density at radius 3 is 2.78 bits per heavy atom. The van der Waals surface area contributed by atoms with E-state index >= 15 is 0 Å². The molecule has 0 atom stereocenters. The zero-order valence-electron chi connectivity index (χ0n) is 13.8. The molecule has 1 saturated carbocycles. The summed E-state index contributed by atoms with van der Waals surface area (Å²) in [5, 5.41) is 3.56. The SMILES string of the molecule is Cc1cc(N2CCc3ccccc32)nc(NC2CCCCC2)n1. The molecule has 0 spiro atoms. The van der Waals surface area contributed by atoms with Crippen LogP contribution in [-0.2, 0) is 6.42 Å². The zero-order valence-corrected chi connectivity index (χ0v) is 13.8. The number of fused-ring (bicyclic) bond motifs is 1. The van der Waals surface area contributed by atoms with Crippen molar-refractivity contribution < 1.29 is 0 Å². The first-order valence-corrected chi connectivity index (χ1v) is 8.77. The Morgan fingerprint density at radius 2 is 1.91 bits per heavy atom. The fourth-order valence-corrected chi connectivity index (χ4v) is 3.76. The molecule has 1 aromatic carbocycles. The summed E-state index contributed by atoms with van der Waals surface area (Å²) in [6.07, 6.45) is 7.55. The van der Waals surface area contributed by atoms with Crippen LogP contribution in [0, 0.1) is 6.92 Å². The quantitative estimate of drug-likeness (QED) is 0.921. The summed E-state index contributed by atoms with van der Waals surface area (Å²) in [6.45, 7) is 3.05. The van der Waals surface area contributed by atoms with Gasteiger partial charge in [-0.05, 0) is 37.8 Å². The summed E-state index contributed by atoms with van der Waals surface area (Å²) in [5.41, 5.74) is 3.72. The Bertz CT molecular complexity index is 692. The fraction of sp³-hybridized carbons (Fsp3) is 0.474. The summed E-state index contributed by atoms with van der Waals surface area (Å²) >= 11 is 0. The van der Waals surface area contributed by atoms with E-state index < -0.39 is 0 Å². The number of para-hydroxylation sites is 1. The highest BCUT2D eigenvalue weighted by atomic mass is 15.2. The van der Waals surface area contributed by atoms with E-state index in [1.165, 1.54) is 43.4 Å². The van der Waals surface area contributed by atoms with Crippen molar-refractivity contribution in [2.75, 3.05) is 16.8 Å². The van der Waals surface area contributed by atoms with Gasteiger partial charge in [0.15, 0.2) is 0 Å². The molecule has 0 amide bonds. The van der Waals surface area contributed by atoms with Crippen molar-refractivity contribution in [3.63, 3.8) is 0 Å². The van der Waals surface area contributed by atoms with Gasteiger partial charge < -0.3 is 10.2 Å². The number of nitrogens with one attached hydrogen (secondary N) is 1. The molecule has 4 heteroatoms. The van der Waals surface area contributed by atoms with Crippen LogP contribution in [0.25, 0.3) is 0 Å². The van der Waals surface area contributed by atoms with E-state index in [2.05, 4.69) is 52.5 Å². The molecule has 120 valence electrons. The monoisotopic (exact) mass is 308 g/mol.